The predicted molar refractivity (Wildman–Crippen MR) is 89.3 cm³/mol. The highest BCUT2D eigenvalue weighted by atomic mass is 32.2. The molecule has 116 valence electrons. The monoisotopic (exact) mass is 316 g/mol. The molecule has 1 fully saturated rings. The number of benzene rings is 1. The van der Waals surface area contributed by atoms with Crippen molar-refractivity contribution in [1.29, 1.82) is 0 Å². The van der Waals surface area contributed by atoms with Gasteiger partial charge in [-0.05, 0) is 37.1 Å². The lowest BCUT2D eigenvalue weighted by atomic mass is 10.1. The summed E-state index contributed by atoms with van der Waals surface area (Å²) >= 11 is 1.51. The number of hydrogen-bond acceptors (Lipinski definition) is 4. The molecule has 2 aromatic rings. The van der Waals surface area contributed by atoms with Crippen LogP contribution in [0.15, 0.2) is 29.3 Å². The van der Waals surface area contributed by atoms with Crippen LogP contribution in [0.4, 0.5) is 0 Å². The van der Waals surface area contributed by atoms with Crippen LogP contribution in [-0.4, -0.2) is 47.8 Å². The standard InChI is InChI=1S/C17H20N2O2S/c1-12-3-4-14-13(2)10-16(18-15(14)9-12)22-11-17(20)19-5-7-21-8-6-19/h3-4,9-10H,5-8,11H2,1-2H3. The number of carbonyl (C=O) groups excluding carboxylic acids is 1. The second kappa shape index (κ2) is 6.67. The quantitative estimate of drug-likeness (QED) is 0.817. The third kappa shape index (κ3) is 3.42. The molecule has 5 heteroatoms. The zero-order valence-electron chi connectivity index (χ0n) is 13.0. The van der Waals surface area contributed by atoms with Gasteiger partial charge < -0.3 is 9.64 Å². The van der Waals surface area contributed by atoms with Gasteiger partial charge in [-0.2, -0.15) is 0 Å². The van der Waals surface area contributed by atoms with Crippen molar-refractivity contribution in [3.63, 3.8) is 0 Å². The second-order valence-corrected chi connectivity index (χ2v) is 6.58. The molecular weight excluding hydrogens is 296 g/mol. The van der Waals surface area contributed by atoms with Crippen LogP contribution in [0.1, 0.15) is 11.1 Å². The maximum atomic E-state index is 12.2. The Balaban J connectivity index is 1.72. The van der Waals surface area contributed by atoms with Crippen LogP contribution in [0, 0.1) is 13.8 Å². The summed E-state index contributed by atoms with van der Waals surface area (Å²) in [4.78, 5) is 18.7. The molecule has 0 radical (unpaired) electrons. The van der Waals surface area contributed by atoms with Gasteiger partial charge in [-0.15, -0.1) is 0 Å². The molecule has 1 aromatic heterocycles. The summed E-state index contributed by atoms with van der Waals surface area (Å²) in [5.41, 5.74) is 3.40. The summed E-state index contributed by atoms with van der Waals surface area (Å²) in [6, 6.07) is 8.37. The Morgan fingerprint density at radius 2 is 2.05 bits per heavy atom. The molecule has 2 heterocycles. The van der Waals surface area contributed by atoms with Crippen molar-refractivity contribution in [2.75, 3.05) is 32.1 Å². The zero-order chi connectivity index (χ0) is 15.5. The minimum absolute atomic E-state index is 0.164. The summed E-state index contributed by atoms with van der Waals surface area (Å²) in [6.07, 6.45) is 0. The van der Waals surface area contributed by atoms with Gasteiger partial charge in [0.25, 0.3) is 0 Å². The molecule has 1 aromatic carbocycles. The SMILES string of the molecule is Cc1ccc2c(C)cc(SCC(=O)N3CCOCC3)nc2c1. The topological polar surface area (TPSA) is 42.4 Å². The van der Waals surface area contributed by atoms with Gasteiger partial charge in [0.1, 0.15) is 0 Å². The number of rotatable bonds is 3. The fraction of sp³-hybridized carbons (Fsp3) is 0.412. The lowest BCUT2D eigenvalue weighted by Gasteiger charge is -2.26. The van der Waals surface area contributed by atoms with E-state index < -0.39 is 0 Å². The molecule has 22 heavy (non-hydrogen) atoms. The zero-order valence-corrected chi connectivity index (χ0v) is 13.8. The van der Waals surface area contributed by atoms with E-state index in [4.69, 9.17) is 4.74 Å². The van der Waals surface area contributed by atoms with E-state index in [1.165, 1.54) is 28.3 Å². The molecule has 4 nitrogen and oxygen atoms in total. The first kappa shape index (κ1) is 15.3. The molecule has 0 spiro atoms. The van der Waals surface area contributed by atoms with E-state index in [0.717, 1.165) is 10.5 Å². The first-order chi connectivity index (χ1) is 10.6. The van der Waals surface area contributed by atoms with Crippen molar-refractivity contribution < 1.29 is 9.53 Å². The van der Waals surface area contributed by atoms with Crippen LogP contribution in [0.5, 0.6) is 0 Å². The Labute approximate surface area is 134 Å². The molecule has 1 aliphatic heterocycles. The summed E-state index contributed by atoms with van der Waals surface area (Å²) in [6.45, 7) is 6.84. The van der Waals surface area contributed by atoms with E-state index >= 15 is 0 Å². The summed E-state index contributed by atoms with van der Waals surface area (Å²) < 4.78 is 5.27. The first-order valence-corrected chi connectivity index (χ1v) is 8.48. The molecule has 0 saturated carbocycles. The molecule has 1 aliphatic rings. The lowest BCUT2D eigenvalue weighted by Crippen LogP contribution is -2.41. The fourth-order valence-corrected chi connectivity index (χ4v) is 3.47. The van der Waals surface area contributed by atoms with Crippen molar-refractivity contribution >= 4 is 28.6 Å². The average molecular weight is 316 g/mol. The highest BCUT2D eigenvalue weighted by Gasteiger charge is 2.17. The largest absolute Gasteiger partial charge is 0.378 e. The summed E-state index contributed by atoms with van der Waals surface area (Å²) in [5.74, 6) is 0.598. The van der Waals surface area contributed by atoms with Crippen molar-refractivity contribution in [1.82, 2.24) is 9.88 Å². The van der Waals surface area contributed by atoms with E-state index in [2.05, 4.69) is 43.1 Å². The molecule has 0 N–H and O–H groups in total. The molecular formula is C17H20N2O2S. The van der Waals surface area contributed by atoms with Crippen LogP contribution in [0.25, 0.3) is 10.9 Å². The van der Waals surface area contributed by atoms with E-state index in [9.17, 15) is 4.79 Å². The Bertz CT molecular complexity index is 696. The predicted octanol–water partition coefficient (Wildman–Crippen LogP) is 2.80. The molecule has 1 saturated heterocycles. The molecule has 0 aliphatic carbocycles. The Kier molecular flexibility index (Phi) is 4.64. The van der Waals surface area contributed by atoms with Gasteiger partial charge in [-0.3, -0.25) is 4.79 Å². The van der Waals surface area contributed by atoms with Crippen molar-refractivity contribution in [3.8, 4) is 0 Å². The maximum absolute atomic E-state index is 12.2. The van der Waals surface area contributed by atoms with Crippen molar-refractivity contribution in [2.45, 2.75) is 18.9 Å². The fourth-order valence-electron chi connectivity index (χ4n) is 2.60. The highest BCUT2D eigenvalue weighted by molar-refractivity contribution is 7.99. The van der Waals surface area contributed by atoms with Crippen LogP contribution < -0.4 is 0 Å². The first-order valence-electron chi connectivity index (χ1n) is 7.50. The van der Waals surface area contributed by atoms with Gasteiger partial charge >= 0.3 is 0 Å². The van der Waals surface area contributed by atoms with Gasteiger partial charge in [0.05, 0.1) is 29.5 Å². The van der Waals surface area contributed by atoms with Crippen molar-refractivity contribution in [3.05, 3.63) is 35.4 Å². The van der Waals surface area contributed by atoms with E-state index in [1.54, 1.807) is 0 Å². The Morgan fingerprint density at radius 1 is 1.27 bits per heavy atom. The lowest BCUT2D eigenvalue weighted by molar-refractivity contribution is -0.132. The molecule has 0 unspecified atom stereocenters. The maximum Gasteiger partial charge on any atom is 0.233 e. The highest BCUT2D eigenvalue weighted by Crippen LogP contribution is 2.24. The number of thioether (sulfide) groups is 1. The number of fused-ring (bicyclic) bond motifs is 1. The third-order valence-electron chi connectivity index (χ3n) is 3.86. The van der Waals surface area contributed by atoms with Gasteiger partial charge in [-0.1, -0.05) is 23.9 Å². The number of hydrogen-bond donors (Lipinski definition) is 0. The number of morpholine rings is 1. The van der Waals surface area contributed by atoms with E-state index in [0.29, 0.717) is 32.1 Å². The number of amides is 1. The number of aromatic nitrogens is 1. The molecule has 1 amide bonds. The van der Waals surface area contributed by atoms with Crippen LogP contribution >= 0.6 is 11.8 Å². The van der Waals surface area contributed by atoms with E-state index in [-0.39, 0.29) is 5.91 Å². The minimum atomic E-state index is 0.164. The number of carbonyl (C=O) groups is 1. The van der Waals surface area contributed by atoms with E-state index in [1.807, 2.05) is 4.90 Å². The Morgan fingerprint density at radius 3 is 2.82 bits per heavy atom. The summed E-state index contributed by atoms with van der Waals surface area (Å²) in [5, 5.41) is 2.09. The van der Waals surface area contributed by atoms with Crippen LogP contribution in [0.3, 0.4) is 0 Å². The minimum Gasteiger partial charge on any atom is -0.378 e. The smallest absolute Gasteiger partial charge is 0.233 e. The number of aryl methyl sites for hydroxylation is 2. The molecule has 3 rings (SSSR count). The number of nitrogens with zero attached hydrogens (tertiary/aromatic N) is 2. The van der Waals surface area contributed by atoms with Gasteiger partial charge in [-0.25, -0.2) is 4.98 Å². The second-order valence-electron chi connectivity index (χ2n) is 5.58. The van der Waals surface area contributed by atoms with Gasteiger partial charge in [0.2, 0.25) is 5.91 Å². The molecule has 0 atom stereocenters. The van der Waals surface area contributed by atoms with Gasteiger partial charge in [0, 0.05) is 18.5 Å². The van der Waals surface area contributed by atoms with Crippen LogP contribution in [0.2, 0.25) is 0 Å². The van der Waals surface area contributed by atoms with Crippen molar-refractivity contribution in [2.24, 2.45) is 0 Å². The normalized spacial score (nSPS) is 15.3. The van der Waals surface area contributed by atoms with Gasteiger partial charge in [0.15, 0.2) is 0 Å². The van der Waals surface area contributed by atoms with Crippen LogP contribution in [-0.2, 0) is 9.53 Å². The number of ether oxygens (including phenoxy) is 1. The third-order valence-corrected chi connectivity index (χ3v) is 4.75. The average Bonchev–Trinajstić information content (AvgIpc) is 2.53. The Hall–Kier alpha value is -1.59. The summed E-state index contributed by atoms with van der Waals surface area (Å²) in [7, 11) is 0. The molecule has 0 bridgehead atoms. The number of pyridine rings is 1.